The molecule has 7 heteroatoms. The summed E-state index contributed by atoms with van der Waals surface area (Å²) in [6, 6.07) is 5.30. The molecule has 0 saturated heterocycles. The van der Waals surface area contributed by atoms with E-state index in [-0.39, 0.29) is 28.3 Å². The highest BCUT2D eigenvalue weighted by Gasteiger charge is 2.30. The summed E-state index contributed by atoms with van der Waals surface area (Å²) in [5.41, 5.74) is 0.0468. The summed E-state index contributed by atoms with van der Waals surface area (Å²) in [6.07, 6.45) is 0. The number of carbonyl (C=O) groups is 1. The van der Waals surface area contributed by atoms with Crippen LogP contribution in [0.1, 0.15) is 23.0 Å². The Morgan fingerprint density at radius 3 is 2.65 bits per heavy atom. The molecule has 5 nitrogen and oxygen atoms in total. The van der Waals surface area contributed by atoms with Gasteiger partial charge in [-0.25, -0.2) is 13.6 Å². The molecule has 1 heterocycles. The summed E-state index contributed by atoms with van der Waals surface area (Å²) in [5.74, 6) is -4.83. The lowest BCUT2D eigenvalue weighted by molar-refractivity contribution is 0.0151. The predicted octanol–water partition coefficient (Wildman–Crippen LogP) is 3.16. The van der Waals surface area contributed by atoms with Crippen molar-refractivity contribution in [2.45, 2.75) is 12.8 Å². The number of aromatic nitrogens is 1. The molecule has 0 radical (unpaired) electrons. The SMILES string of the molecule is COc1c(-c2cc(C(=O)O)on2)cccc1C(C)(F)F. The molecule has 1 N–H and O–H groups in total. The average Bonchev–Trinajstić information content (AvgIpc) is 2.86. The molecule has 0 aliphatic carbocycles. The van der Waals surface area contributed by atoms with E-state index in [4.69, 9.17) is 9.84 Å². The second kappa shape index (κ2) is 4.92. The first-order valence-corrected chi connectivity index (χ1v) is 5.60. The van der Waals surface area contributed by atoms with Crippen LogP contribution in [0.25, 0.3) is 11.3 Å². The van der Waals surface area contributed by atoms with Gasteiger partial charge in [-0.2, -0.15) is 0 Å². The van der Waals surface area contributed by atoms with E-state index in [1.807, 2.05) is 0 Å². The normalized spacial score (nSPS) is 11.4. The van der Waals surface area contributed by atoms with Gasteiger partial charge in [0.25, 0.3) is 5.92 Å². The average molecular weight is 283 g/mol. The second-order valence-electron chi connectivity index (χ2n) is 4.16. The number of hydrogen-bond acceptors (Lipinski definition) is 4. The number of para-hydroxylation sites is 1. The van der Waals surface area contributed by atoms with Crippen molar-refractivity contribution in [1.29, 1.82) is 0 Å². The van der Waals surface area contributed by atoms with Gasteiger partial charge < -0.3 is 14.4 Å². The monoisotopic (exact) mass is 283 g/mol. The lowest BCUT2D eigenvalue weighted by atomic mass is 10.0. The predicted molar refractivity (Wildman–Crippen MR) is 65.0 cm³/mol. The molecule has 0 bridgehead atoms. The standard InChI is InChI=1S/C13H11F2NO4/c1-13(14,15)8-5-3-4-7(11(8)19-2)9-6-10(12(17)18)20-16-9/h3-6H,1-2H3,(H,17,18). The maximum atomic E-state index is 13.5. The summed E-state index contributed by atoms with van der Waals surface area (Å²) >= 11 is 0. The molecule has 0 saturated carbocycles. The van der Waals surface area contributed by atoms with Crippen LogP contribution in [0.4, 0.5) is 8.78 Å². The van der Waals surface area contributed by atoms with Crippen molar-refractivity contribution in [2.24, 2.45) is 0 Å². The number of methoxy groups -OCH3 is 1. The van der Waals surface area contributed by atoms with Crippen LogP contribution in [-0.2, 0) is 5.92 Å². The summed E-state index contributed by atoms with van der Waals surface area (Å²) in [5, 5.41) is 12.3. The Balaban J connectivity index is 2.59. The Morgan fingerprint density at radius 2 is 2.15 bits per heavy atom. The highest BCUT2D eigenvalue weighted by Crippen LogP contribution is 2.40. The molecule has 106 valence electrons. The van der Waals surface area contributed by atoms with Crippen LogP contribution in [-0.4, -0.2) is 23.3 Å². The molecular weight excluding hydrogens is 272 g/mol. The van der Waals surface area contributed by atoms with Gasteiger partial charge in [0.15, 0.2) is 0 Å². The molecule has 2 aromatic rings. The quantitative estimate of drug-likeness (QED) is 0.933. The number of nitrogens with zero attached hydrogens (tertiary/aromatic N) is 1. The van der Waals surface area contributed by atoms with Crippen molar-refractivity contribution in [1.82, 2.24) is 5.16 Å². The van der Waals surface area contributed by atoms with Crippen LogP contribution in [0.3, 0.4) is 0 Å². The van der Waals surface area contributed by atoms with Gasteiger partial charge in [0.1, 0.15) is 11.4 Å². The number of carboxylic acid groups (broad SMARTS) is 1. The Morgan fingerprint density at radius 1 is 1.45 bits per heavy atom. The van der Waals surface area contributed by atoms with E-state index in [1.54, 1.807) is 0 Å². The highest BCUT2D eigenvalue weighted by molar-refractivity contribution is 5.86. The number of rotatable bonds is 4. The Kier molecular flexibility index (Phi) is 3.44. The van der Waals surface area contributed by atoms with Gasteiger partial charge in [-0.05, 0) is 12.1 Å². The van der Waals surface area contributed by atoms with E-state index in [0.717, 1.165) is 13.0 Å². The number of alkyl halides is 2. The summed E-state index contributed by atoms with van der Waals surface area (Å²) < 4.78 is 36.7. The summed E-state index contributed by atoms with van der Waals surface area (Å²) in [6.45, 7) is 0.750. The number of aromatic carboxylic acids is 1. The van der Waals surface area contributed by atoms with Gasteiger partial charge in [0.05, 0.1) is 12.7 Å². The number of benzene rings is 1. The zero-order valence-electron chi connectivity index (χ0n) is 10.7. The van der Waals surface area contributed by atoms with Crippen LogP contribution < -0.4 is 4.74 Å². The third-order valence-electron chi connectivity index (χ3n) is 2.69. The van der Waals surface area contributed by atoms with Crippen LogP contribution >= 0.6 is 0 Å². The highest BCUT2D eigenvalue weighted by atomic mass is 19.3. The molecule has 0 atom stereocenters. The van der Waals surface area contributed by atoms with Crippen LogP contribution in [0, 0.1) is 0 Å². The minimum atomic E-state index is -3.10. The van der Waals surface area contributed by atoms with E-state index in [1.165, 1.54) is 25.3 Å². The molecule has 1 aromatic carbocycles. The zero-order valence-corrected chi connectivity index (χ0v) is 10.7. The lowest BCUT2D eigenvalue weighted by Gasteiger charge is -2.16. The second-order valence-corrected chi connectivity index (χ2v) is 4.16. The summed E-state index contributed by atoms with van der Waals surface area (Å²) in [4.78, 5) is 10.7. The maximum absolute atomic E-state index is 13.5. The zero-order chi connectivity index (χ0) is 14.9. The van der Waals surface area contributed by atoms with Crippen molar-refractivity contribution in [2.75, 3.05) is 7.11 Å². The molecule has 1 aromatic heterocycles. The topological polar surface area (TPSA) is 72.6 Å². The van der Waals surface area contributed by atoms with E-state index >= 15 is 0 Å². The third kappa shape index (κ3) is 2.47. The molecule has 0 aliphatic rings. The molecule has 0 unspecified atom stereocenters. The number of carboxylic acids is 1. The van der Waals surface area contributed by atoms with Gasteiger partial charge in [0.2, 0.25) is 5.76 Å². The van der Waals surface area contributed by atoms with E-state index in [0.29, 0.717) is 0 Å². The Labute approximate surface area is 112 Å². The van der Waals surface area contributed by atoms with Crippen molar-refractivity contribution >= 4 is 5.97 Å². The largest absolute Gasteiger partial charge is 0.496 e. The maximum Gasteiger partial charge on any atom is 0.374 e. The van der Waals surface area contributed by atoms with E-state index in [2.05, 4.69) is 9.68 Å². The fraction of sp³-hybridized carbons (Fsp3) is 0.231. The molecule has 20 heavy (non-hydrogen) atoms. The van der Waals surface area contributed by atoms with E-state index < -0.39 is 11.9 Å². The van der Waals surface area contributed by atoms with Gasteiger partial charge in [-0.1, -0.05) is 11.2 Å². The smallest absolute Gasteiger partial charge is 0.374 e. The summed E-state index contributed by atoms with van der Waals surface area (Å²) in [7, 11) is 1.26. The van der Waals surface area contributed by atoms with Gasteiger partial charge >= 0.3 is 5.97 Å². The molecule has 2 rings (SSSR count). The van der Waals surface area contributed by atoms with Crippen LogP contribution in [0.2, 0.25) is 0 Å². The number of halogens is 2. The molecule has 0 aliphatic heterocycles. The van der Waals surface area contributed by atoms with Crippen molar-refractivity contribution in [3.63, 3.8) is 0 Å². The van der Waals surface area contributed by atoms with Crippen LogP contribution in [0.15, 0.2) is 28.8 Å². The van der Waals surface area contributed by atoms with Gasteiger partial charge in [0, 0.05) is 18.6 Å². The number of hydrogen-bond donors (Lipinski definition) is 1. The van der Waals surface area contributed by atoms with Crippen molar-refractivity contribution < 1.29 is 27.9 Å². The minimum absolute atomic E-state index is 0.0646. The first-order chi connectivity index (χ1) is 9.34. The van der Waals surface area contributed by atoms with E-state index in [9.17, 15) is 13.6 Å². The van der Waals surface area contributed by atoms with Crippen molar-refractivity contribution in [3.05, 3.63) is 35.6 Å². The number of ether oxygens (including phenoxy) is 1. The lowest BCUT2D eigenvalue weighted by Crippen LogP contribution is -2.09. The molecule has 0 amide bonds. The molecule has 0 spiro atoms. The third-order valence-corrected chi connectivity index (χ3v) is 2.69. The van der Waals surface area contributed by atoms with Crippen LogP contribution in [0.5, 0.6) is 5.75 Å². The van der Waals surface area contributed by atoms with Crippen molar-refractivity contribution in [3.8, 4) is 17.0 Å². The Hall–Kier alpha value is -2.44. The molecule has 0 fully saturated rings. The van der Waals surface area contributed by atoms with Gasteiger partial charge in [-0.15, -0.1) is 0 Å². The Bertz CT molecular complexity index is 646. The minimum Gasteiger partial charge on any atom is -0.496 e. The molecular formula is C13H11F2NO4. The fourth-order valence-corrected chi connectivity index (χ4v) is 1.81. The fourth-order valence-electron chi connectivity index (χ4n) is 1.81. The first kappa shape index (κ1) is 14.0. The van der Waals surface area contributed by atoms with Gasteiger partial charge in [-0.3, -0.25) is 0 Å². The first-order valence-electron chi connectivity index (χ1n) is 5.60.